The van der Waals surface area contributed by atoms with Crippen molar-refractivity contribution in [2.24, 2.45) is 0 Å². The minimum absolute atomic E-state index is 0.0564. The van der Waals surface area contributed by atoms with E-state index in [2.05, 4.69) is 10.3 Å². The molecule has 0 saturated carbocycles. The molecule has 2 rings (SSSR count). The van der Waals surface area contributed by atoms with Crippen LogP contribution in [0.15, 0.2) is 18.3 Å². The lowest BCUT2D eigenvalue weighted by molar-refractivity contribution is -0.140. The topological polar surface area (TPSA) is 71.5 Å². The van der Waals surface area contributed by atoms with E-state index in [9.17, 15) is 9.59 Å². The number of pyridine rings is 1. The number of hydrogen-bond donors (Lipinski definition) is 1. The number of amides is 2. The van der Waals surface area contributed by atoms with Crippen molar-refractivity contribution in [3.8, 4) is 5.75 Å². The minimum atomic E-state index is -0.402. The third-order valence-electron chi connectivity index (χ3n) is 3.81. The molecule has 6 nitrogen and oxygen atoms in total. The fourth-order valence-electron chi connectivity index (χ4n) is 2.68. The maximum absolute atomic E-state index is 12.5. The van der Waals surface area contributed by atoms with Gasteiger partial charge in [-0.1, -0.05) is 6.92 Å². The van der Waals surface area contributed by atoms with Crippen molar-refractivity contribution < 1.29 is 14.3 Å². The van der Waals surface area contributed by atoms with Crippen LogP contribution in [-0.4, -0.2) is 41.4 Å². The molecule has 6 heteroatoms. The van der Waals surface area contributed by atoms with Crippen LogP contribution in [0.1, 0.15) is 39.0 Å². The minimum Gasteiger partial charge on any atom is -0.497 e. The van der Waals surface area contributed by atoms with Gasteiger partial charge in [0.1, 0.15) is 17.6 Å². The molecule has 0 spiro atoms. The number of carbonyl (C=O) groups is 2. The second-order valence-corrected chi connectivity index (χ2v) is 5.42. The Kier molecular flexibility index (Phi) is 5.75. The van der Waals surface area contributed by atoms with Crippen LogP contribution in [0.3, 0.4) is 0 Å². The predicted molar refractivity (Wildman–Crippen MR) is 83.7 cm³/mol. The van der Waals surface area contributed by atoms with Crippen molar-refractivity contribution in [1.29, 1.82) is 0 Å². The van der Waals surface area contributed by atoms with Crippen molar-refractivity contribution in [3.05, 3.63) is 18.3 Å². The molecule has 1 aromatic rings. The SMILES string of the molecule is CCCC(=O)N1CCCCC1C(=O)Nc1cc(OC)ccn1. The number of likely N-dealkylation sites (tertiary alicyclic amines) is 1. The molecule has 1 unspecified atom stereocenters. The third kappa shape index (κ3) is 3.96. The number of piperidine rings is 1. The van der Waals surface area contributed by atoms with Gasteiger partial charge < -0.3 is 15.0 Å². The summed E-state index contributed by atoms with van der Waals surface area (Å²) in [6.45, 7) is 2.62. The lowest BCUT2D eigenvalue weighted by Crippen LogP contribution is -2.50. The number of rotatable bonds is 5. The Morgan fingerprint density at radius 2 is 2.27 bits per heavy atom. The zero-order valence-electron chi connectivity index (χ0n) is 13.2. The van der Waals surface area contributed by atoms with Crippen molar-refractivity contribution in [2.45, 2.75) is 45.1 Å². The van der Waals surface area contributed by atoms with E-state index in [1.54, 1.807) is 30.3 Å². The van der Waals surface area contributed by atoms with Crippen LogP contribution in [0.25, 0.3) is 0 Å². The van der Waals surface area contributed by atoms with Gasteiger partial charge in [-0.3, -0.25) is 9.59 Å². The Morgan fingerprint density at radius 1 is 1.45 bits per heavy atom. The Bertz CT molecular complexity index is 533. The van der Waals surface area contributed by atoms with Crippen LogP contribution in [0.5, 0.6) is 5.75 Å². The van der Waals surface area contributed by atoms with Crippen LogP contribution < -0.4 is 10.1 Å². The van der Waals surface area contributed by atoms with Gasteiger partial charge in [0.25, 0.3) is 0 Å². The first-order valence-electron chi connectivity index (χ1n) is 7.76. The Morgan fingerprint density at radius 3 is 3.00 bits per heavy atom. The van der Waals surface area contributed by atoms with Gasteiger partial charge in [0.2, 0.25) is 11.8 Å². The molecule has 1 fully saturated rings. The Labute approximate surface area is 130 Å². The summed E-state index contributed by atoms with van der Waals surface area (Å²) in [6.07, 6.45) is 5.47. The molecule has 0 bridgehead atoms. The number of methoxy groups -OCH3 is 1. The molecule has 2 amide bonds. The highest BCUT2D eigenvalue weighted by molar-refractivity contribution is 5.96. The summed E-state index contributed by atoms with van der Waals surface area (Å²) in [5.74, 6) is 0.955. The van der Waals surface area contributed by atoms with Crippen LogP contribution in [0.4, 0.5) is 5.82 Å². The molecule has 2 heterocycles. The molecule has 120 valence electrons. The van der Waals surface area contributed by atoms with E-state index in [1.165, 1.54) is 0 Å². The average molecular weight is 305 g/mol. The smallest absolute Gasteiger partial charge is 0.248 e. The average Bonchev–Trinajstić information content (AvgIpc) is 2.55. The second kappa shape index (κ2) is 7.77. The maximum atomic E-state index is 12.5. The maximum Gasteiger partial charge on any atom is 0.248 e. The standard InChI is InChI=1S/C16H23N3O3/c1-3-6-15(20)19-10-5-4-7-13(19)16(21)18-14-11-12(22-2)8-9-17-14/h8-9,11,13H,3-7,10H2,1-2H3,(H,17,18,21). The third-order valence-corrected chi connectivity index (χ3v) is 3.81. The number of nitrogens with one attached hydrogen (secondary N) is 1. The Balaban J connectivity index is 2.06. The summed E-state index contributed by atoms with van der Waals surface area (Å²) in [7, 11) is 1.56. The lowest BCUT2D eigenvalue weighted by Gasteiger charge is -2.34. The number of nitrogens with zero attached hydrogens (tertiary/aromatic N) is 2. The van der Waals surface area contributed by atoms with E-state index in [4.69, 9.17) is 4.74 Å². The molecular weight excluding hydrogens is 282 g/mol. The zero-order valence-corrected chi connectivity index (χ0v) is 13.2. The van der Waals surface area contributed by atoms with Crippen molar-refractivity contribution in [1.82, 2.24) is 9.88 Å². The summed E-state index contributed by atoms with van der Waals surface area (Å²) in [5, 5.41) is 2.79. The first kappa shape index (κ1) is 16.3. The zero-order chi connectivity index (χ0) is 15.9. The molecule has 0 aromatic carbocycles. The van der Waals surface area contributed by atoms with Gasteiger partial charge in [0, 0.05) is 25.2 Å². The van der Waals surface area contributed by atoms with Crippen LogP contribution in [0, 0.1) is 0 Å². The molecule has 0 aliphatic carbocycles. The molecule has 22 heavy (non-hydrogen) atoms. The Hall–Kier alpha value is -2.11. The molecule has 1 atom stereocenters. The fourth-order valence-corrected chi connectivity index (χ4v) is 2.68. The number of hydrogen-bond acceptors (Lipinski definition) is 4. The predicted octanol–water partition coefficient (Wildman–Crippen LogP) is 2.21. The van der Waals surface area contributed by atoms with Gasteiger partial charge in [0.15, 0.2) is 0 Å². The van der Waals surface area contributed by atoms with E-state index < -0.39 is 6.04 Å². The van der Waals surface area contributed by atoms with Crippen molar-refractivity contribution in [3.63, 3.8) is 0 Å². The van der Waals surface area contributed by atoms with Gasteiger partial charge in [0.05, 0.1) is 7.11 Å². The van der Waals surface area contributed by atoms with Crippen LogP contribution in [0.2, 0.25) is 0 Å². The van der Waals surface area contributed by atoms with Crippen LogP contribution >= 0.6 is 0 Å². The van der Waals surface area contributed by atoms with Gasteiger partial charge in [-0.05, 0) is 31.7 Å². The van der Waals surface area contributed by atoms with E-state index in [0.717, 1.165) is 19.3 Å². The summed E-state index contributed by atoms with van der Waals surface area (Å²) >= 11 is 0. The van der Waals surface area contributed by atoms with Crippen molar-refractivity contribution in [2.75, 3.05) is 19.0 Å². The molecule has 1 N–H and O–H groups in total. The highest BCUT2D eigenvalue weighted by atomic mass is 16.5. The fraction of sp³-hybridized carbons (Fsp3) is 0.562. The summed E-state index contributed by atoms with van der Waals surface area (Å²) in [5.41, 5.74) is 0. The quantitative estimate of drug-likeness (QED) is 0.905. The van der Waals surface area contributed by atoms with Gasteiger partial charge in [-0.2, -0.15) is 0 Å². The van der Waals surface area contributed by atoms with E-state index in [0.29, 0.717) is 31.0 Å². The van der Waals surface area contributed by atoms with E-state index in [1.807, 2.05) is 6.92 Å². The molecule has 1 saturated heterocycles. The first-order valence-corrected chi connectivity index (χ1v) is 7.76. The van der Waals surface area contributed by atoms with Gasteiger partial charge >= 0.3 is 0 Å². The second-order valence-electron chi connectivity index (χ2n) is 5.42. The highest BCUT2D eigenvalue weighted by Gasteiger charge is 2.31. The number of ether oxygens (including phenoxy) is 1. The summed E-state index contributed by atoms with van der Waals surface area (Å²) in [6, 6.07) is 2.98. The van der Waals surface area contributed by atoms with Crippen molar-refractivity contribution >= 4 is 17.6 Å². The van der Waals surface area contributed by atoms with Gasteiger partial charge in [-0.15, -0.1) is 0 Å². The number of carbonyl (C=O) groups excluding carboxylic acids is 2. The van der Waals surface area contributed by atoms with Crippen LogP contribution in [-0.2, 0) is 9.59 Å². The first-order chi connectivity index (χ1) is 10.7. The summed E-state index contributed by atoms with van der Waals surface area (Å²) in [4.78, 5) is 30.5. The molecular formula is C16H23N3O3. The number of anilines is 1. The van der Waals surface area contributed by atoms with Gasteiger partial charge in [-0.25, -0.2) is 4.98 Å². The largest absolute Gasteiger partial charge is 0.497 e. The number of aromatic nitrogens is 1. The molecule has 1 aliphatic rings. The lowest BCUT2D eigenvalue weighted by atomic mass is 10.0. The molecule has 1 aromatic heterocycles. The summed E-state index contributed by atoms with van der Waals surface area (Å²) < 4.78 is 5.12. The molecule has 1 aliphatic heterocycles. The molecule has 0 radical (unpaired) electrons. The van der Waals surface area contributed by atoms with E-state index >= 15 is 0 Å². The monoisotopic (exact) mass is 305 g/mol. The van der Waals surface area contributed by atoms with E-state index in [-0.39, 0.29) is 11.8 Å². The highest BCUT2D eigenvalue weighted by Crippen LogP contribution is 2.21. The normalized spacial score (nSPS) is 17.9.